The molecule has 0 aliphatic rings. The Bertz CT molecular complexity index is 658. The summed E-state index contributed by atoms with van der Waals surface area (Å²) in [5.74, 6) is 0.706. The van der Waals surface area contributed by atoms with Crippen molar-refractivity contribution in [3.8, 4) is 11.5 Å². The molecule has 24 heavy (non-hydrogen) atoms. The molecule has 2 aromatic carbocycles. The second-order valence-electron chi connectivity index (χ2n) is 5.38. The summed E-state index contributed by atoms with van der Waals surface area (Å²) in [7, 11) is 0. The number of ether oxygens (including phenoxy) is 1. The third kappa shape index (κ3) is 4.94. The van der Waals surface area contributed by atoms with Gasteiger partial charge < -0.3 is 20.3 Å². The summed E-state index contributed by atoms with van der Waals surface area (Å²) >= 11 is 0. The van der Waals surface area contributed by atoms with Crippen LogP contribution in [0.25, 0.3) is 0 Å². The van der Waals surface area contributed by atoms with Gasteiger partial charge in [0.25, 0.3) is 5.69 Å². The Morgan fingerprint density at radius 3 is 2.38 bits per heavy atom. The first-order valence-corrected chi connectivity index (χ1v) is 7.55. The lowest BCUT2D eigenvalue weighted by atomic mass is 10.0. The third-order valence-corrected chi connectivity index (χ3v) is 3.59. The van der Waals surface area contributed by atoms with Gasteiger partial charge in [0.2, 0.25) is 0 Å². The van der Waals surface area contributed by atoms with E-state index in [0.717, 1.165) is 0 Å². The van der Waals surface area contributed by atoms with Crippen LogP contribution in [-0.4, -0.2) is 34.3 Å². The molecular formula is C17H20N2O5. The van der Waals surface area contributed by atoms with Gasteiger partial charge in [-0.15, -0.1) is 0 Å². The van der Waals surface area contributed by atoms with Crippen LogP contribution < -0.4 is 10.1 Å². The number of rotatable bonds is 8. The zero-order valence-electron chi connectivity index (χ0n) is 13.3. The average Bonchev–Trinajstić information content (AvgIpc) is 2.59. The van der Waals surface area contributed by atoms with Crippen LogP contribution in [-0.2, 0) is 0 Å². The summed E-state index contributed by atoms with van der Waals surface area (Å²) in [4.78, 5) is 10.1. The molecule has 7 nitrogen and oxygen atoms in total. The minimum Gasteiger partial charge on any atom is -0.508 e. The van der Waals surface area contributed by atoms with Crippen molar-refractivity contribution in [2.24, 2.45) is 0 Å². The molecule has 3 N–H and O–H groups in total. The Labute approximate surface area is 139 Å². The van der Waals surface area contributed by atoms with Gasteiger partial charge in [-0.25, -0.2) is 0 Å². The summed E-state index contributed by atoms with van der Waals surface area (Å²) in [5, 5.41) is 33.2. The van der Waals surface area contributed by atoms with Crippen LogP contribution >= 0.6 is 0 Å². The first-order chi connectivity index (χ1) is 11.5. The van der Waals surface area contributed by atoms with Crippen molar-refractivity contribution in [2.45, 2.75) is 19.1 Å². The van der Waals surface area contributed by atoms with Gasteiger partial charge in [-0.05, 0) is 36.8 Å². The highest BCUT2D eigenvalue weighted by Crippen LogP contribution is 2.20. The number of aliphatic hydroxyl groups is 1. The Kier molecular flexibility index (Phi) is 6.11. The van der Waals surface area contributed by atoms with Crippen LogP contribution in [0.2, 0.25) is 0 Å². The Balaban J connectivity index is 1.75. The minimum atomic E-state index is -0.704. The zero-order valence-corrected chi connectivity index (χ0v) is 13.3. The fourth-order valence-corrected chi connectivity index (χ4v) is 2.19. The molecule has 128 valence electrons. The lowest BCUT2D eigenvalue weighted by Gasteiger charge is -2.20. The van der Waals surface area contributed by atoms with E-state index < -0.39 is 11.0 Å². The molecular weight excluding hydrogens is 312 g/mol. The summed E-state index contributed by atoms with van der Waals surface area (Å²) in [6, 6.07) is 12.1. The number of nitrogens with one attached hydrogen (secondary N) is 1. The van der Waals surface area contributed by atoms with E-state index in [1.165, 1.54) is 24.3 Å². The van der Waals surface area contributed by atoms with E-state index in [1.54, 1.807) is 24.3 Å². The molecule has 0 aromatic heterocycles. The fourth-order valence-electron chi connectivity index (χ4n) is 2.19. The smallest absolute Gasteiger partial charge is 0.269 e. The minimum absolute atomic E-state index is 0.0196. The molecule has 0 saturated heterocycles. The van der Waals surface area contributed by atoms with E-state index in [2.05, 4.69) is 5.32 Å². The summed E-state index contributed by atoms with van der Waals surface area (Å²) in [5.41, 5.74) is 0.732. The van der Waals surface area contributed by atoms with Crippen molar-refractivity contribution in [1.29, 1.82) is 0 Å². The predicted molar refractivity (Wildman–Crippen MR) is 89.1 cm³/mol. The standard InChI is InChI=1S/C17H20N2O5/c1-12(17(21)13-2-6-15(20)7-3-13)18-10-11-24-16-8-4-14(5-9-16)19(22)23/h2-9,12,17-18,20-21H,10-11H2,1H3/t12-,17-/m0/s1. The van der Waals surface area contributed by atoms with E-state index in [-0.39, 0.29) is 17.5 Å². The summed E-state index contributed by atoms with van der Waals surface area (Å²) < 4.78 is 5.49. The summed E-state index contributed by atoms with van der Waals surface area (Å²) in [6.07, 6.45) is -0.704. The number of non-ortho nitro benzene ring substituents is 1. The van der Waals surface area contributed by atoms with Crippen LogP contribution in [0.5, 0.6) is 11.5 Å². The number of nitrogens with zero attached hydrogens (tertiary/aromatic N) is 1. The first kappa shape index (κ1) is 17.7. The number of hydrogen-bond donors (Lipinski definition) is 3. The first-order valence-electron chi connectivity index (χ1n) is 7.55. The number of phenolic OH excluding ortho intramolecular Hbond substituents is 1. The van der Waals surface area contributed by atoms with Crippen LogP contribution in [0.1, 0.15) is 18.6 Å². The molecule has 0 saturated carbocycles. The maximum Gasteiger partial charge on any atom is 0.269 e. The molecule has 0 aliphatic carbocycles. The second-order valence-corrected chi connectivity index (χ2v) is 5.38. The van der Waals surface area contributed by atoms with Gasteiger partial charge in [-0.3, -0.25) is 10.1 Å². The van der Waals surface area contributed by atoms with E-state index >= 15 is 0 Å². The molecule has 7 heteroatoms. The normalized spacial score (nSPS) is 13.2. The predicted octanol–water partition coefficient (Wildman–Crippen LogP) is 2.39. The van der Waals surface area contributed by atoms with Gasteiger partial charge in [0, 0.05) is 24.7 Å². The van der Waals surface area contributed by atoms with Crippen LogP contribution in [0.3, 0.4) is 0 Å². The van der Waals surface area contributed by atoms with E-state index in [4.69, 9.17) is 4.74 Å². The molecule has 0 aliphatic heterocycles. The highest BCUT2D eigenvalue weighted by atomic mass is 16.6. The quantitative estimate of drug-likeness (QED) is 0.389. The van der Waals surface area contributed by atoms with Crippen molar-refractivity contribution >= 4 is 5.69 Å². The largest absolute Gasteiger partial charge is 0.508 e. The molecule has 0 spiro atoms. The Hall–Kier alpha value is -2.64. The van der Waals surface area contributed by atoms with Gasteiger partial charge >= 0.3 is 0 Å². The zero-order chi connectivity index (χ0) is 17.5. The van der Waals surface area contributed by atoms with E-state index in [1.807, 2.05) is 6.92 Å². The van der Waals surface area contributed by atoms with Gasteiger partial charge in [0.1, 0.15) is 18.1 Å². The molecule has 0 radical (unpaired) electrons. The van der Waals surface area contributed by atoms with Gasteiger partial charge in [0.05, 0.1) is 11.0 Å². The van der Waals surface area contributed by atoms with Crippen molar-refractivity contribution in [3.05, 3.63) is 64.2 Å². The molecule has 2 aromatic rings. The second kappa shape index (κ2) is 8.28. The number of aliphatic hydroxyl groups excluding tert-OH is 1. The fraction of sp³-hybridized carbons (Fsp3) is 0.294. The SMILES string of the molecule is C[C@H](NCCOc1ccc([N+](=O)[O-])cc1)[C@H](O)c1ccc(O)cc1. The number of benzene rings is 2. The third-order valence-electron chi connectivity index (χ3n) is 3.59. The van der Waals surface area contributed by atoms with Crippen molar-refractivity contribution in [2.75, 3.05) is 13.2 Å². The van der Waals surface area contributed by atoms with Crippen molar-refractivity contribution in [1.82, 2.24) is 5.32 Å². The molecule has 0 amide bonds. The maximum atomic E-state index is 10.6. The highest BCUT2D eigenvalue weighted by Gasteiger charge is 2.15. The van der Waals surface area contributed by atoms with Crippen LogP contribution in [0.4, 0.5) is 5.69 Å². The van der Waals surface area contributed by atoms with Crippen molar-refractivity contribution in [3.63, 3.8) is 0 Å². The highest BCUT2D eigenvalue weighted by molar-refractivity contribution is 5.36. The molecule has 0 bridgehead atoms. The maximum absolute atomic E-state index is 10.6. The molecule has 2 atom stereocenters. The number of phenols is 1. The van der Waals surface area contributed by atoms with Crippen LogP contribution in [0.15, 0.2) is 48.5 Å². The lowest BCUT2D eigenvalue weighted by Crippen LogP contribution is -2.35. The number of nitro groups is 1. The van der Waals surface area contributed by atoms with E-state index in [0.29, 0.717) is 24.5 Å². The molecule has 0 unspecified atom stereocenters. The Morgan fingerprint density at radius 1 is 1.17 bits per heavy atom. The monoisotopic (exact) mass is 332 g/mol. The van der Waals surface area contributed by atoms with Gasteiger partial charge in [-0.1, -0.05) is 12.1 Å². The number of aromatic hydroxyl groups is 1. The van der Waals surface area contributed by atoms with Crippen LogP contribution in [0, 0.1) is 10.1 Å². The molecule has 0 heterocycles. The topological polar surface area (TPSA) is 105 Å². The summed E-state index contributed by atoms with van der Waals surface area (Å²) in [6.45, 7) is 2.72. The lowest BCUT2D eigenvalue weighted by molar-refractivity contribution is -0.384. The van der Waals surface area contributed by atoms with Gasteiger partial charge in [-0.2, -0.15) is 0 Å². The molecule has 0 fully saturated rings. The number of hydrogen-bond acceptors (Lipinski definition) is 6. The molecule has 2 rings (SSSR count). The number of nitro benzene ring substituents is 1. The van der Waals surface area contributed by atoms with Crippen molar-refractivity contribution < 1.29 is 19.9 Å². The average molecular weight is 332 g/mol. The van der Waals surface area contributed by atoms with Gasteiger partial charge in [0.15, 0.2) is 0 Å². The van der Waals surface area contributed by atoms with E-state index in [9.17, 15) is 20.3 Å². The Morgan fingerprint density at radius 2 is 1.79 bits per heavy atom.